The second-order valence-corrected chi connectivity index (χ2v) is 4.74. The number of hydrogen-bond acceptors (Lipinski definition) is 3. The van der Waals surface area contributed by atoms with E-state index in [0.29, 0.717) is 12.8 Å². The van der Waals surface area contributed by atoms with Crippen molar-refractivity contribution in [2.75, 3.05) is 19.0 Å². The largest absolute Gasteiger partial charge is 0.494 e. The summed E-state index contributed by atoms with van der Waals surface area (Å²) in [5, 5.41) is 13.9. The number of hydrogen-bond donors (Lipinski definition) is 3. The van der Waals surface area contributed by atoms with E-state index in [1.165, 1.54) is 19.2 Å². The lowest BCUT2D eigenvalue weighted by Gasteiger charge is -2.12. The SMILES string of the molecule is COc1ccc(NC(=O)NCC2(C(=O)O)CC2)cc1F. The van der Waals surface area contributed by atoms with Crippen LogP contribution in [0.4, 0.5) is 14.9 Å². The van der Waals surface area contributed by atoms with Gasteiger partial charge >= 0.3 is 12.0 Å². The van der Waals surface area contributed by atoms with Gasteiger partial charge in [-0.3, -0.25) is 4.79 Å². The van der Waals surface area contributed by atoms with E-state index >= 15 is 0 Å². The van der Waals surface area contributed by atoms with Crippen LogP contribution in [0.3, 0.4) is 0 Å². The molecule has 20 heavy (non-hydrogen) atoms. The molecule has 6 nitrogen and oxygen atoms in total. The highest BCUT2D eigenvalue weighted by atomic mass is 19.1. The minimum atomic E-state index is -0.909. The zero-order valence-corrected chi connectivity index (χ0v) is 10.9. The Morgan fingerprint density at radius 1 is 1.45 bits per heavy atom. The molecule has 0 spiro atoms. The van der Waals surface area contributed by atoms with Gasteiger partial charge in [0.05, 0.1) is 12.5 Å². The summed E-state index contributed by atoms with van der Waals surface area (Å²) in [6, 6.07) is 3.45. The average Bonchev–Trinajstić information content (AvgIpc) is 3.18. The summed E-state index contributed by atoms with van der Waals surface area (Å²) >= 11 is 0. The molecule has 7 heteroatoms. The number of carbonyl (C=O) groups is 2. The van der Waals surface area contributed by atoms with Gasteiger partial charge in [-0.05, 0) is 25.0 Å². The number of ether oxygens (including phenoxy) is 1. The van der Waals surface area contributed by atoms with Crippen LogP contribution in [0.15, 0.2) is 18.2 Å². The molecule has 0 unspecified atom stereocenters. The first kappa shape index (κ1) is 14.1. The predicted octanol–water partition coefficient (Wildman–Crippen LogP) is 1.82. The summed E-state index contributed by atoms with van der Waals surface area (Å²) in [5.74, 6) is -1.42. The van der Waals surface area contributed by atoms with Gasteiger partial charge in [-0.1, -0.05) is 0 Å². The Morgan fingerprint density at radius 3 is 2.65 bits per heavy atom. The van der Waals surface area contributed by atoms with Gasteiger partial charge in [-0.15, -0.1) is 0 Å². The van der Waals surface area contributed by atoms with Gasteiger partial charge in [0.25, 0.3) is 0 Å². The summed E-state index contributed by atoms with van der Waals surface area (Å²) in [5.41, 5.74) is -0.566. The van der Waals surface area contributed by atoms with E-state index in [1.807, 2.05) is 0 Å². The third-order valence-corrected chi connectivity index (χ3v) is 3.30. The molecule has 0 aliphatic heterocycles. The Bertz CT molecular complexity index is 543. The maximum Gasteiger partial charge on any atom is 0.319 e. The highest BCUT2D eigenvalue weighted by molar-refractivity contribution is 5.90. The van der Waals surface area contributed by atoms with Crippen molar-refractivity contribution in [3.05, 3.63) is 24.0 Å². The van der Waals surface area contributed by atoms with Crippen molar-refractivity contribution in [2.24, 2.45) is 5.41 Å². The van der Waals surface area contributed by atoms with Crippen LogP contribution in [0, 0.1) is 11.2 Å². The number of carbonyl (C=O) groups excluding carboxylic acids is 1. The molecule has 0 bridgehead atoms. The minimum Gasteiger partial charge on any atom is -0.494 e. The molecule has 1 aliphatic carbocycles. The van der Waals surface area contributed by atoms with Crippen molar-refractivity contribution in [3.63, 3.8) is 0 Å². The summed E-state index contributed by atoms with van der Waals surface area (Å²) in [4.78, 5) is 22.5. The van der Waals surface area contributed by atoms with Gasteiger partial charge < -0.3 is 20.5 Å². The number of anilines is 1. The third kappa shape index (κ3) is 2.98. The fraction of sp³-hybridized carbons (Fsp3) is 0.385. The number of rotatable bonds is 5. The molecule has 0 radical (unpaired) electrons. The molecule has 1 fully saturated rings. The Morgan fingerprint density at radius 2 is 2.15 bits per heavy atom. The van der Waals surface area contributed by atoms with E-state index in [0.717, 1.165) is 6.07 Å². The Hall–Kier alpha value is -2.31. The fourth-order valence-electron chi connectivity index (χ4n) is 1.79. The van der Waals surface area contributed by atoms with E-state index < -0.39 is 23.2 Å². The van der Waals surface area contributed by atoms with Crippen LogP contribution in [0.5, 0.6) is 5.75 Å². The van der Waals surface area contributed by atoms with Crippen LogP contribution in [0.2, 0.25) is 0 Å². The van der Waals surface area contributed by atoms with Gasteiger partial charge in [-0.25, -0.2) is 9.18 Å². The number of urea groups is 1. The van der Waals surface area contributed by atoms with Crippen molar-refractivity contribution < 1.29 is 23.8 Å². The van der Waals surface area contributed by atoms with Crippen molar-refractivity contribution >= 4 is 17.7 Å². The topological polar surface area (TPSA) is 87.7 Å². The lowest BCUT2D eigenvalue weighted by atomic mass is 10.1. The van der Waals surface area contributed by atoms with Gasteiger partial charge in [0.2, 0.25) is 0 Å². The lowest BCUT2D eigenvalue weighted by Crippen LogP contribution is -2.36. The first-order valence-corrected chi connectivity index (χ1v) is 6.09. The van der Waals surface area contributed by atoms with E-state index in [1.54, 1.807) is 0 Å². The zero-order chi connectivity index (χ0) is 14.8. The predicted molar refractivity (Wildman–Crippen MR) is 69.3 cm³/mol. The quantitative estimate of drug-likeness (QED) is 0.768. The molecule has 1 aliphatic rings. The summed E-state index contributed by atoms with van der Waals surface area (Å²) < 4.78 is 18.2. The molecule has 1 aromatic carbocycles. The minimum absolute atomic E-state index is 0.0623. The van der Waals surface area contributed by atoms with E-state index in [4.69, 9.17) is 9.84 Å². The lowest BCUT2D eigenvalue weighted by molar-refractivity contribution is -0.143. The summed E-state index contributed by atoms with van der Waals surface area (Å²) in [6.45, 7) is 0.0623. The number of nitrogens with one attached hydrogen (secondary N) is 2. The van der Waals surface area contributed by atoms with Crippen LogP contribution in [-0.4, -0.2) is 30.8 Å². The monoisotopic (exact) mass is 282 g/mol. The van der Waals surface area contributed by atoms with Gasteiger partial charge in [0.1, 0.15) is 0 Å². The molecular weight excluding hydrogens is 267 g/mol. The van der Waals surface area contributed by atoms with Crippen molar-refractivity contribution in [1.29, 1.82) is 0 Å². The van der Waals surface area contributed by atoms with Gasteiger partial charge in [-0.2, -0.15) is 0 Å². The Balaban J connectivity index is 1.89. The highest BCUT2D eigenvalue weighted by Crippen LogP contribution is 2.45. The molecule has 0 heterocycles. The summed E-state index contributed by atoms with van der Waals surface area (Å²) in [6.07, 6.45) is 1.11. The van der Waals surface area contributed by atoms with Crippen LogP contribution < -0.4 is 15.4 Å². The Labute approximate surface area is 114 Å². The maximum atomic E-state index is 13.4. The molecule has 2 amide bonds. The molecule has 1 saturated carbocycles. The number of halogens is 1. The first-order valence-electron chi connectivity index (χ1n) is 6.09. The smallest absolute Gasteiger partial charge is 0.319 e. The molecule has 0 saturated heterocycles. The molecule has 0 atom stereocenters. The fourth-order valence-corrected chi connectivity index (χ4v) is 1.79. The van der Waals surface area contributed by atoms with E-state index in [2.05, 4.69) is 10.6 Å². The molecule has 2 rings (SSSR count). The van der Waals surface area contributed by atoms with E-state index in [9.17, 15) is 14.0 Å². The van der Waals surface area contributed by atoms with Crippen LogP contribution >= 0.6 is 0 Å². The van der Waals surface area contributed by atoms with E-state index in [-0.39, 0.29) is 18.0 Å². The Kier molecular flexibility index (Phi) is 3.78. The van der Waals surface area contributed by atoms with Crippen LogP contribution in [0.1, 0.15) is 12.8 Å². The molecule has 0 aromatic heterocycles. The normalized spacial score (nSPS) is 15.3. The number of benzene rings is 1. The average molecular weight is 282 g/mol. The zero-order valence-electron chi connectivity index (χ0n) is 10.9. The van der Waals surface area contributed by atoms with Gasteiger partial charge in [0.15, 0.2) is 11.6 Å². The van der Waals surface area contributed by atoms with Crippen molar-refractivity contribution in [2.45, 2.75) is 12.8 Å². The molecule has 108 valence electrons. The first-order chi connectivity index (χ1) is 9.47. The number of amides is 2. The van der Waals surface area contributed by atoms with Crippen LogP contribution in [-0.2, 0) is 4.79 Å². The van der Waals surface area contributed by atoms with Gasteiger partial charge in [0, 0.05) is 18.3 Å². The second-order valence-electron chi connectivity index (χ2n) is 4.74. The highest BCUT2D eigenvalue weighted by Gasteiger charge is 2.50. The molecule has 3 N–H and O–H groups in total. The van der Waals surface area contributed by atoms with Crippen molar-refractivity contribution in [1.82, 2.24) is 5.32 Å². The second kappa shape index (κ2) is 5.36. The molecular formula is C13H15FN2O4. The summed E-state index contributed by atoms with van der Waals surface area (Å²) in [7, 11) is 1.35. The number of aliphatic carboxylic acids is 1. The number of methoxy groups -OCH3 is 1. The third-order valence-electron chi connectivity index (χ3n) is 3.30. The van der Waals surface area contributed by atoms with Crippen LogP contribution in [0.25, 0.3) is 0 Å². The number of carboxylic acid groups (broad SMARTS) is 1. The molecule has 1 aromatic rings. The maximum absolute atomic E-state index is 13.4. The number of carboxylic acids is 1. The van der Waals surface area contributed by atoms with Crippen molar-refractivity contribution in [3.8, 4) is 5.75 Å². The standard InChI is InChI=1S/C13H15FN2O4/c1-20-10-3-2-8(6-9(10)14)16-12(19)15-7-13(4-5-13)11(17)18/h2-3,6H,4-5,7H2,1H3,(H,17,18)(H2,15,16,19).